The van der Waals surface area contributed by atoms with Crippen molar-refractivity contribution in [3.8, 4) is 5.75 Å². The van der Waals surface area contributed by atoms with Crippen molar-refractivity contribution >= 4 is 37.5 Å². The zero-order valence-electron chi connectivity index (χ0n) is 19.1. The van der Waals surface area contributed by atoms with Gasteiger partial charge in [0.15, 0.2) is 0 Å². The molecular weight excluding hydrogens is 482 g/mol. The molecule has 2 N–H and O–H groups in total. The summed E-state index contributed by atoms with van der Waals surface area (Å²) in [6.45, 7) is 3.34. The smallest absolute Gasteiger partial charge is 0.264 e. The van der Waals surface area contributed by atoms with Crippen molar-refractivity contribution in [2.75, 3.05) is 19.0 Å². The highest BCUT2D eigenvalue weighted by Gasteiger charge is 2.33. The predicted octanol–water partition coefficient (Wildman–Crippen LogP) is 2.34. The van der Waals surface area contributed by atoms with Gasteiger partial charge in [0, 0.05) is 30.8 Å². The van der Waals surface area contributed by atoms with Gasteiger partial charge in [-0.1, -0.05) is 6.42 Å². The van der Waals surface area contributed by atoms with Gasteiger partial charge in [0.1, 0.15) is 10.6 Å². The third-order valence-electron chi connectivity index (χ3n) is 5.46. The van der Waals surface area contributed by atoms with Crippen molar-refractivity contribution in [1.29, 1.82) is 0 Å². The molecule has 2 amide bonds. The van der Waals surface area contributed by atoms with Crippen LogP contribution in [0.1, 0.15) is 43.5 Å². The molecule has 184 valence electrons. The number of sulfonamides is 2. The summed E-state index contributed by atoms with van der Waals surface area (Å²) in [5.41, 5.74) is 0.385. The molecule has 0 bridgehead atoms. The molecule has 0 saturated carbocycles. The number of hydrogen-bond donors (Lipinski definition) is 2. The van der Waals surface area contributed by atoms with E-state index in [2.05, 4.69) is 5.32 Å². The largest absolute Gasteiger partial charge is 0.495 e. The van der Waals surface area contributed by atoms with Crippen molar-refractivity contribution in [2.24, 2.45) is 0 Å². The summed E-state index contributed by atoms with van der Waals surface area (Å²) in [7, 11) is -6.52. The Balaban J connectivity index is 1.85. The lowest BCUT2D eigenvalue weighted by atomic mass is 10.1. The van der Waals surface area contributed by atoms with Crippen molar-refractivity contribution in [3.05, 3.63) is 48.0 Å². The Bertz CT molecular complexity index is 1290. The topological polar surface area (TPSA) is 139 Å². The number of amides is 2. The minimum atomic E-state index is -4.00. The van der Waals surface area contributed by atoms with E-state index in [-0.39, 0.29) is 32.8 Å². The Hall–Kier alpha value is -2.96. The number of rotatable bonds is 7. The van der Waals surface area contributed by atoms with Gasteiger partial charge in [-0.25, -0.2) is 21.6 Å². The average Bonchev–Trinajstić information content (AvgIpc) is 2.78. The van der Waals surface area contributed by atoms with Crippen molar-refractivity contribution in [2.45, 2.75) is 48.9 Å². The van der Waals surface area contributed by atoms with Gasteiger partial charge in [-0.05, 0) is 62.2 Å². The Morgan fingerprint density at radius 3 is 2.29 bits per heavy atom. The number of carbonyl (C=O) groups excluding carboxylic acids is 2. The van der Waals surface area contributed by atoms with Crippen LogP contribution in [0.3, 0.4) is 0 Å². The zero-order chi connectivity index (χ0) is 25.1. The Morgan fingerprint density at radius 2 is 1.71 bits per heavy atom. The Morgan fingerprint density at radius 1 is 1.03 bits per heavy atom. The van der Waals surface area contributed by atoms with Gasteiger partial charge < -0.3 is 10.1 Å². The lowest BCUT2D eigenvalue weighted by Crippen LogP contribution is -2.42. The molecule has 1 heterocycles. The van der Waals surface area contributed by atoms with Crippen LogP contribution in [0, 0.1) is 0 Å². The molecule has 10 nitrogen and oxygen atoms in total. The summed E-state index contributed by atoms with van der Waals surface area (Å²) >= 11 is 0. The molecule has 3 rings (SSSR count). The van der Waals surface area contributed by atoms with E-state index in [0.29, 0.717) is 6.54 Å². The summed E-state index contributed by atoms with van der Waals surface area (Å²) in [6, 6.07) is 9.20. The fourth-order valence-corrected chi connectivity index (χ4v) is 6.62. The first-order valence-electron chi connectivity index (χ1n) is 10.6. The number of nitrogens with zero attached hydrogens (tertiary/aromatic N) is 1. The lowest BCUT2D eigenvalue weighted by Gasteiger charge is -2.32. The van der Waals surface area contributed by atoms with Gasteiger partial charge >= 0.3 is 0 Å². The minimum Gasteiger partial charge on any atom is -0.495 e. The normalized spacial score (nSPS) is 17.1. The second-order valence-electron chi connectivity index (χ2n) is 7.97. The van der Waals surface area contributed by atoms with Gasteiger partial charge in [-0.3, -0.25) is 9.59 Å². The maximum absolute atomic E-state index is 13.3. The number of benzene rings is 2. The highest BCUT2D eigenvalue weighted by atomic mass is 32.2. The maximum atomic E-state index is 13.3. The van der Waals surface area contributed by atoms with E-state index in [0.717, 1.165) is 26.2 Å². The second kappa shape index (κ2) is 10.1. The van der Waals surface area contributed by atoms with E-state index in [4.69, 9.17) is 4.74 Å². The number of nitrogens with one attached hydrogen (secondary N) is 2. The van der Waals surface area contributed by atoms with Crippen molar-refractivity contribution in [1.82, 2.24) is 9.03 Å². The van der Waals surface area contributed by atoms with Gasteiger partial charge in [-0.2, -0.15) is 4.31 Å². The monoisotopic (exact) mass is 509 g/mol. The molecule has 34 heavy (non-hydrogen) atoms. The van der Waals surface area contributed by atoms with Crippen LogP contribution in [0.2, 0.25) is 0 Å². The molecule has 1 aliphatic heterocycles. The second-order valence-corrected chi connectivity index (χ2v) is 11.5. The molecule has 0 spiro atoms. The van der Waals surface area contributed by atoms with E-state index in [1.165, 1.54) is 53.9 Å². The molecule has 2 aromatic carbocycles. The van der Waals surface area contributed by atoms with Crippen molar-refractivity contribution in [3.63, 3.8) is 0 Å². The number of piperidine rings is 1. The summed E-state index contributed by atoms with van der Waals surface area (Å²) in [4.78, 5) is 23.7. The average molecular weight is 510 g/mol. The summed E-state index contributed by atoms with van der Waals surface area (Å²) in [5, 5.41) is 2.61. The van der Waals surface area contributed by atoms with Crippen LogP contribution < -0.4 is 14.8 Å². The van der Waals surface area contributed by atoms with E-state index < -0.39 is 31.9 Å². The van der Waals surface area contributed by atoms with E-state index in [1.54, 1.807) is 0 Å². The molecule has 12 heteroatoms. The third kappa shape index (κ3) is 5.57. The summed E-state index contributed by atoms with van der Waals surface area (Å²) in [6.07, 6.45) is 2.48. The molecule has 1 saturated heterocycles. The number of carbonyl (C=O) groups is 2. The van der Waals surface area contributed by atoms with Crippen LogP contribution in [0.5, 0.6) is 5.75 Å². The molecular formula is C22H27N3O7S2. The first kappa shape index (κ1) is 25.7. The van der Waals surface area contributed by atoms with Gasteiger partial charge in [-0.15, -0.1) is 0 Å². The number of ether oxygens (including phenoxy) is 1. The molecule has 1 aliphatic rings. The van der Waals surface area contributed by atoms with Crippen LogP contribution in [0.4, 0.5) is 5.69 Å². The maximum Gasteiger partial charge on any atom is 0.264 e. The van der Waals surface area contributed by atoms with Gasteiger partial charge in [0.25, 0.3) is 15.9 Å². The zero-order valence-corrected chi connectivity index (χ0v) is 20.7. The summed E-state index contributed by atoms with van der Waals surface area (Å²) in [5.74, 6) is -1.16. The molecule has 1 unspecified atom stereocenters. The highest BCUT2D eigenvalue weighted by Crippen LogP contribution is 2.32. The molecule has 1 fully saturated rings. The fourth-order valence-electron chi connectivity index (χ4n) is 3.74. The number of hydrogen-bond acceptors (Lipinski definition) is 7. The first-order chi connectivity index (χ1) is 16.0. The Kier molecular flexibility index (Phi) is 7.64. The van der Waals surface area contributed by atoms with Gasteiger partial charge in [0.05, 0.1) is 12.0 Å². The van der Waals surface area contributed by atoms with Crippen LogP contribution in [-0.4, -0.2) is 52.7 Å². The first-order valence-corrected chi connectivity index (χ1v) is 13.5. The van der Waals surface area contributed by atoms with Crippen LogP contribution in [0.15, 0.2) is 52.3 Å². The highest BCUT2D eigenvalue weighted by molar-refractivity contribution is 7.90. The Labute approximate surface area is 199 Å². The molecule has 1 atom stereocenters. The van der Waals surface area contributed by atoms with Crippen molar-refractivity contribution < 1.29 is 31.2 Å². The lowest BCUT2D eigenvalue weighted by molar-refractivity contribution is -0.117. The molecule has 2 aromatic rings. The van der Waals surface area contributed by atoms with E-state index in [9.17, 15) is 26.4 Å². The minimum absolute atomic E-state index is 0.0897. The molecule has 0 aliphatic carbocycles. The summed E-state index contributed by atoms with van der Waals surface area (Å²) < 4.78 is 59.3. The van der Waals surface area contributed by atoms with E-state index >= 15 is 0 Å². The quantitative estimate of drug-likeness (QED) is 0.584. The number of anilines is 1. The standard InChI is InChI=1S/C22H27N3O7S2/c1-15-6-4-5-13-25(15)34(30,31)21-14-17(7-12-20(21)32-3)22(27)23-18-8-10-19(11-9-18)33(28,29)24-16(2)26/h7-12,14-15H,4-6,13H2,1-3H3,(H,23,27)(H,24,26). The number of methoxy groups -OCH3 is 1. The SMILES string of the molecule is COc1ccc(C(=O)Nc2ccc(S(=O)(=O)NC(C)=O)cc2)cc1S(=O)(=O)N1CCCCC1C. The van der Waals surface area contributed by atoms with Crippen LogP contribution in [-0.2, 0) is 24.8 Å². The van der Waals surface area contributed by atoms with Gasteiger partial charge in [0.2, 0.25) is 15.9 Å². The van der Waals surface area contributed by atoms with Crippen LogP contribution >= 0.6 is 0 Å². The molecule has 0 radical (unpaired) electrons. The third-order valence-corrected chi connectivity index (χ3v) is 8.94. The fraction of sp³-hybridized carbons (Fsp3) is 0.364. The predicted molar refractivity (Wildman–Crippen MR) is 126 cm³/mol. The van der Waals surface area contributed by atoms with E-state index in [1.807, 2.05) is 11.6 Å². The van der Waals surface area contributed by atoms with Crippen LogP contribution in [0.25, 0.3) is 0 Å². The molecule has 0 aromatic heterocycles.